The highest BCUT2D eigenvalue weighted by Gasteiger charge is 2.16. The maximum absolute atomic E-state index is 14.5. The molecule has 1 heterocycles. The number of halogens is 1. The van der Waals surface area contributed by atoms with Crippen molar-refractivity contribution < 1.29 is 19.0 Å². The summed E-state index contributed by atoms with van der Waals surface area (Å²) >= 11 is 0. The first-order valence-electron chi connectivity index (χ1n) is 9.52. The number of hydrogen-bond acceptors (Lipinski definition) is 4. The topological polar surface area (TPSA) is 76.4 Å². The molecule has 30 heavy (non-hydrogen) atoms. The van der Waals surface area contributed by atoms with Crippen LogP contribution in [-0.4, -0.2) is 40.3 Å². The molecule has 2 N–H and O–H groups in total. The van der Waals surface area contributed by atoms with E-state index < -0.39 is 17.8 Å². The number of carbonyl (C=O) groups excluding carboxylic acids is 1. The Labute approximate surface area is 174 Å². The van der Waals surface area contributed by atoms with Gasteiger partial charge in [-0.3, -0.25) is 4.79 Å². The second kappa shape index (κ2) is 9.84. The number of imidazole rings is 1. The molecule has 7 heteroatoms. The summed E-state index contributed by atoms with van der Waals surface area (Å²) in [6, 6.07) is 13.9. The minimum atomic E-state index is -0.949. The molecular weight excluding hydrogens is 385 g/mol. The Balaban J connectivity index is 1.72. The normalized spacial score (nSPS) is 12.5. The van der Waals surface area contributed by atoms with E-state index in [4.69, 9.17) is 4.74 Å². The van der Waals surface area contributed by atoms with Crippen LogP contribution in [0.4, 0.5) is 4.39 Å². The summed E-state index contributed by atoms with van der Waals surface area (Å²) in [6.07, 6.45) is 5.06. The minimum Gasteiger partial charge on any atom is -0.495 e. The predicted molar refractivity (Wildman–Crippen MR) is 113 cm³/mol. The molecule has 0 saturated heterocycles. The Bertz CT molecular complexity index is 1030. The number of nitrogens with one attached hydrogen (secondary N) is 1. The van der Waals surface area contributed by atoms with Crippen LogP contribution >= 0.6 is 0 Å². The van der Waals surface area contributed by atoms with Crippen molar-refractivity contribution in [3.63, 3.8) is 0 Å². The Morgan fingerprint density at radius 3 is 2.70 bits per heavy atom. The van der Waals surface area contributed by atoms with Gasteiger partial charge in [0.05, 0.1) is 37.5 Å². The van der Waals surface area contributed by atoms with E-state index in [-0.39, 0.29) is 6.61 Å². The molecule has 1 aromatic heterocycles. The largest absolute Gasteiger partial charge is 0.495 e. The summed E-state index contributed by atoms with van der Waals surface area (Å²) < 4.78 is 21.7. The molecule has 3 aromatic rings. The van der Waals surface area contributed by atoms with Crippen molar-refractivity contribution in [1.29, 1.82) is 0 Å². The van der Waals surface area contributed by atoms with Gasteiger partial charge in [0, 0.05) is 6.20 Å². The number of aryl methyl sites for hydroxylation is 1. The summed E-state index contributed by atoms with van der Waals surface area (Å²) in [4.78, 5) is 16.4. The Hall–Kier alpha value is -3.45. The van der Waals surface area contributed by atoms with Crippen molar-refractivity contribution >= 4 is 12.0 Å². The predicted octanol–water partition coefficient (Wildman–Crippen LogP) is 3.22. The lowest BCUT2D eigenvalue weighted by atomic mass is 10.1. The van der Waals surface area contributed by atoms with E-state index in [0.717, 1.165) is 23.0 Å². The van der Waals surface area contributed by atoms with Gasteiger partial charge in [0.2, 0.25) is 0 Å². The summed E-state index contributed by atoms with van der Waals surface area (Å²) in [6.45, 7) is 1.59. The summed E-state index contributed by atoms with van der Waals surface area (Å²) in [7, 11) is 1.52. The van der Waals surface area contributed by atoms with Crippen molar-refractivity contribution in [3.8, 4) is 11.4 Å². The van der Waals surface area contributed by atoms with Crippen LogP contribution in [0.5, 0.6) is 5.75 Å². The third kappa shape index (κ3) is 5.33. The SMILES string of the molecule is COc1cc(/C=C(/F)C(=O)N[C@@H](CO)Cc2ccccc2)ccc1-n1cnc(C)c1. The maximum atomic E-state index is 14.5. The van der Waals surface area contributed by atoms with E-state index in [9.17, 15) is 14.3 Å². The van der Waals surface area contributed by atoms with E-state index in [2.05, 4.69) is 10.3 Å². The highest BCUT2D eigenvalue weighted by Crippen LogP contribution is 2.25. The van der Waals surface area contributed by atoms with Crippen molar-refractivity contribution in [1.82, 2.24) is 14.9 Å². The number of nitrogens with zero attached hydrogens (tertiary/aromatic N) is 2. The number of ether oxygens (including phenoxy) is 1. The van der Waals surface area contributed by atoms with Crippen LogP contribution in [0, 0.1) is 6.92 Å². The molecule has 0 radical (unpaired) electrons. The lowest BCUT2D eigenvalue weighted by Crippen LogP contribution is -2.39. The molecule has 0 unspecified atom stereocenters. The van der Waals surface area contributed by atoms with Gasteiger partial charge in [0.1, 0.15) is 5.75 Å². The average molecular weight is 409 g/mol. The van der Waals surface area contributed by atoms with Crippen molar-refractivity contribution in [3.05, 3.63) is 83.7 Å². The first kappa shape index (κ1) is 21.3. The van der Waals surface area contributed by atoms with Gasteiger partial charge in [-0.1, -0.05) is 36.4 Å². The number of carbonyl (C=O) groups is 1. The number of methoxy groups -OCH3 is 1. The molecule has 6 nitrogen and oxygen atoms in total. The second-order valence-electron chi connectivity index (χ2n) is 6.89. The molecule has 0 spiro atoms. The molecule has 2 aromatic carbocycles. The van der Waals surface area contributed by atoms with Gasteiger partial charge in [-0.25, -0.2) is 9.37 Å². The number of benzene rings is 2. The molecule has 3 rings (SSSR count). The van der Waals surface area contributed by atoms with Crippen LogP contribution in [0.15, 0.2) is 66.9 Å². The van der Waals surface area contributed by atoms with E-state index in [0.29, 0.717) is 17.7 Å². The zero-order valence-electron chi connectivity index (χ0n) is 16.9. The van der Waals surface area contributed by atoms with Crippen LogP contribution < -0.4 is 10.1 Å². The fraction of sp³-hybridized carbons (Fsp3) is 0.217. The molecule has 0 aliphatic carbocycles. The Kier molecular flexibility index (Phi) is 6.98. The van der Waals surface area contributed by atoms with Gasteiger partial charge in [0.25, 0.3) is 5.91 Å². The minimum absolute atomic E-state index is 0.291. The monoisotopic (exact) mass is 409 g/mol. The number of aromatic nitrogens is 2. The molecule has 0 bridgehead atoms. The molecule has 0 fully saturated rings. The third-order valence-corrected chi connectivity index (χ3v) is 4.58. The fourth-order valence-corrected chi connectivity index (χ4v) is 3.08. The van der Waals surface area contributed by atoms with Crippen molar-refractivity contribution in [2.24, 2.45) is 0 Å². The highest BCUT2D eigenvalue weighted by molar-refractivity contribution is 5.95. The van der Waals surface area contributed by atoms with E-state index in [1.54, 1.807) is 29.1 Å². The molecule has 0 aliphatic rings. The van der Waals surface area contributed by atoms with Gasteiger partial charge >= 0.3 is 0 Å². The molecule has 0 aliphatic heterocycles. The molecule has 156 valence electrons. The zero-order valence-corrected chi connectivity index (χ0v) is 16.9. The summed E-state index contributed by atoms with van der Waals surface area (Å²) in [5.74, 6) is -1.31. The smallest absolute Gasteiger partial charge is 0.280 e. The highest BCUT2D eigenvalue weighted by atomic mass is 19.1. The average Bonchev–Trinajstić information content (AvgIpc) is 3.19. The maximum Gasteiger partial charge on any atom is 0.280 e. The quantitative estimate of drug-likeness (QED) is 0.560. The second-order valence-corrected chi connectivity index (χ2v) is 6.89. The Morgan fingerprint density at radius 2 is 2.07 bits per heavy atom. The van der Waals surface area contributed by atoms with Crippen LogP contribution in [0.3, 0.4) is 0 Å². The Morgan fingerprint density at radius 1 is 1.30 bits per heavy atom. The van der Waals surface area contributed by atoms with Crippen LogP contribution in [0.1, 0.15) is 16.8 Å². The number of amides is 1. The third-order valence-electron chi connectivity index (χ3n) is 4.58. The zero-order chi connectivity index (χ0) is 21.5. The van der Waals surface area contributed by atoms with Gasteiger partial charge in [0.15, 0.2) is 5.83 Å². The molecule has 1 amide bonds. The lowest BCUT2D eigenvalue weighted by molar-refractivity contribution is -0.119. The fourth-order valence-electron chi connectivity index (χ4n) is 3.08. The molecular formula is C23H24FN3O3. The van der Waals surface area contributed by atoms with Gasteiger partial charge in [-0.15, -0.1) is 0 Å². The van der Waals surface area contributed by atoms with Crippen LogP contribution in [0.25, 0.3) is 11.8 Å². The summed E-state index contributed by atoms with van der Waals surface area (Å²) in [5, 5.41) is 12.1. The summed E-state index contributed by atoms with van der Waals surface area (Å²) in [5.41, 5.74) is 3.03. The number of hydrogen-bond donors (Lipinski definition) is 2. The van der Waals surface area contributed by atoms with Crippen LogP contribution in [-0.2, 0) is 11.2 Å². The number of aliphatic hydroxyl groups excluding tert-OH is 1. The lowest BCUT2D eigenvalue weighted by Gasteiger charge is -2.16. The van der Waals surface area contributed by atoms with E-state index in [1.165, 1.54) is 7.11 Å². The van der Waals surface area contributed by atoms with E-state index in [1.807, 2.05) is 43.5 Å². The van der Waals surface area contributed by atoms with E-state index >= 15 is 0 Å². The number of aliphatic hydroxyl groups is 1. The molecule has 0 saturated carbocycles. The van der Waals surface area contributed by atoms with Crippen LogP contribution in [0.2, 0.25) is 0 Å². The standard InChI is InChI=1S/C23H24FN3O3/c1-16-13-27(15-25-16)21-9-8-18(12-22(21)30-2)11-20(24)23(29)26-19(14-28)10-17-6-4-3-5-7-17/h3-9,11-13,15,19,28H,10,14H2,1-2H3,(H,26,29)/b20-11+/t19-/m1/s1. The van der Waals surface area contributed by atoms with Crippen molar-refractivity contribution in [2.75, 3.05) is 13.7 Å². The molecule has 1 atom stereocenters. The first-order chi connectivity index (χ1) is 14.5. The number of rotatable bonds is 8. The van der Waals surface area contributed by atoms with Gasteiger partial charge < -0.3 is 19.7 Å². The van der Waals surface area contributed by atoms with Gasteiger partial charge in [-0.05, 0) is 42.7 Å². The first-order valence-corrected chi connectivity index (χ1v) is 9.52. The van der Waals surface area contributed by atoms with Crippen molar-refractivity contribution in [2.45, 2.75) is 19.4 Å². The van der Waals surface area contributed by atoms with Gasteiger partial charge in [-0.2, -0.15) is 0 Å².